The number of benzene rings is 2. The van der Waals surface area contributed by atoms with Crippen molar-refractivity contribution in [2.75, 3.05) is 0 Å². The number of nitrogens with zero attached hydrogens (tertiary/aromatic N) is 4. The Balaban J connectivity index is 1.63. The van der Waals surface area contributed by atoms with Gasteiger partial charge in [0.2, 0.25) is 0 Å². The van der Waals surface area contributed by atoms with Crippen LogP contribution in [0.1, 0.15) is 66.4 Å². The Labute approximate surface area is 218 Å². The van der Waals surface area contributed by atoms with Gasteiger partial charge in [0.1, 0.15) is 5.82 Å². The van der Waals surface area contributed by atoms with Gasteiger partial charge in [-0.05, 0) is 75.6 Å². The molecule has 1 saturated carbocycles. The van der Waals surface area contributed by atoms with Crippen molar-refractivity contribution in [2.45, 2.75) is 58.8 Å². The summed E-state index contributed by atoms with van der Waals surface area (Å²) in [5, 5.41) is 6.01. The number of aromatic nitrogens is 3. The smallest absolute Gasteiger partial charge is 0.282 e. The molecule has 0 saturated heterocycles. The third-order valence-corrected chi connectivity index (χ3v) is 7.73. The summed E-state index contributed by atoms with van der Waals surface area (Å²) in [5.41, 5.74) is 5.85. The maximum absolute atomic E-state index is 13.6. The molecule has 0 unspecified atom stereocenters. The van der Waals surface area contributed by atoms with Gasteiger partial charge >= 0.3 is 0 Å². The minimum Gasteiger partial charge on any atom is -0.318 e. The molecule has 1 aliphatic carbocycles. The summed E-state index contributed by atoms with van der Waals surface area (Å²) in [6.07, 6.45) is 7.40. The summed E-state index contributed by atoms with van der Waals surface area (Å²) in [6, 6.07) is 13.7. The highest BCUT2D eigenvalue weighted by Crippen LogP contribution is 2.32. The van der Waals surface area contributed by atoms with E-state index < -0.39 is 0 Å². The second-order valence-corrected chi connectivity index (χ2v) is 10.8. The third kappa shape index (κ3) is 4.62. The Bertz CT molecular complexity index is 1510. The van der Waals surface area contributed by atoms with Crippen LogP contribution in [0.4, 0.5) is 0 Å². The molecule has 0 atom stereocenters. The Morgan fingerprint density at radius 2 is 1.83 bits per heavy atom. The first-order chi connectivity index (χ1) is 16.8. The molecular weight excluding hydrogens is 524 g/mol. The van der Waals surface area contributed by atoms with Gasteiger partial charge in [0, 0.05) is 38.1 Å². The number of hydrogen-bond acceptors (Lipinski definition) is 3. The van der Waals surface area contributed by atoms with Crippen molar-refractivity contribution in [1.82, 2.24) is 14.2 Å². The van der Waals surface area contributed by atoms with Gasteiger partial charge in [-0.2, -0.15) is 9.78 Å². The predicted octanol–water partition coefficient (Wildman–Crippen LogP) is 7.46. The molecular formula is C28H28BrClN4O. The molecule has 5 nitrogen and oxygen atoms in total. The molecule has 1 fully saturated rings. The predicted molar refractivity (Wildman–Crippen MR) is 148 cm³/mol. The number of fused-ring (bicyclic) bond motifs is 1. The van der Waals surface area contributed by atoms with E-state index >= 15 is 0 Å². The molecule has 5 rings (SSSR count). The highest BCUT2D eigenvalue weighted by molar-refractivity contribution is 9.10. The zero-order chi connectivity index (χ0) is 24.7. The van der Waals surface area contributed by atoms with E-state index in [1.54, 1.807) is 6.21 Å². The first kappa shape index (κ1) is 24.0. The van der Waals surface area contributed by atoms with Crippen LogP contribution in [0.25, 0.3) is 16.6 Å². The van der Waals surface area contributed by atoms with Crippen molar-refractivity contribution in [3.05, 3.63) is 90.7 Å². The van der Waals surface area contributed by atoms with E-state index in [1.165, 1.54) is 11.1 Å². The summed E-state index contributed by atoms with van der Waals surface area (Å²) < 4.78 is 4.57. The second kappa shape index (κ2) is 9.75. The van der Waals surface area contributed by atoms with Gasteiger partial charge in [-0.25, -0.2) is 4.98 Å². The van der Waals surface area contributed by atoms with E-state index in [2.05, 4.69) is 47.3 Å². The van der Waals surface area contributed by atoms with Crippen molar-refractivity contribution >= 4 is 44.6 Å². The van der Waals surface area contributed by atoms with Crippen molar-refractivity contribution in [1.29, 1.82) is 0 Å². The summed E-state index contributed by atoms with van der Waals surface area (Å²) in [4.78, 5) is 18.5. The van der Waals surface area contributed by atoms with E-state index in [0.29, 0.717) is 10.4 Å². The van der Waals surface area contributed by atoms with Crippen LogP contribution in [-0.2, 0) is 0 Å². The summed E-state index contributed by atoms with van der Waals surface area (Å²) in [7, 11) is 0. The minimum absolute atomic E-state index is 0.132. The topological polar surface area (TPSA) is 52.2 Å². The van der Waals surface area contributed by atoms with Crippen LogP contribution in [0, 0.1) is 20.8 Å². The molecule has 2 heterocycles. The van der Waals surface area contributed by atoms with Crippen molar-refractivity contribution in [2.24, 2.45) is 5.10 Å². The molecule has 2 aromatic carbocycles. The molecule has 0 spiro atoms. The maximum Gasteiger partial charge on any atom is 0.282 e. The SMILES string of the molecule is Cc1ccc(Cl)cc1-n1c(C)cc(C=Nn2c(C3CCCCC3)nc3ccc(Br)cc3c2=O)c1C. The third-order valence-electron chi connectivity index (χ3n) is 7.00. The molecule has 1 aliphatic rings. The van der Waals surface area contributed by atoms with Gasteiger partial charge in [-0.1, -0.05) is 52.9 Å². The lowest BCUT2D eigenvalue weighted by molar-refractivity contribution is 0.416. The molecule has 0 aliphatic heterocycles. The lowest BCUT2D eigenvalue weighted by Crippen LogP contribution is -2.25. The Kier molecular flexibility index (Phi) is 6.69. The maximum atomic E-state index is 13.6. The van der Waals surface area contributed by atoms with Crippen LogP contribution in [0.2, 0.25) is 5.02 Å². The first-order valence-electron chi connectivity index (χ1n) is 12.1. The highest BCUT2D eigenvalue weighted by atomic mass is 79.9. The average Bonchev–Trinajstić information content (AvgIpc) is 3.13. The number of halogens is 2. The summed E-state index contributed by atoms with van der Waals surface area (Å²) in [5.74, 6) is 1.00. The average molecular weight is 552 g/mol. The fraction of sp³-hybridized carbons (Fsp3) is 0.321. The van der Waals surface area contributed by atoms with E-state index in [1.807, 2.05) is 36.4 Å². The van der Waals surface area contributed by atoms with E-state index in [0.717, 1.165) is 69.7 Å². The van der Waals surface area contributed by atoms with Crippen LogP contribution in [0.15, 0.2) is 56.8 Å². The molecule has 180 valence electrons. The number of rotatable bonds is 4. The molecule has 0 amide bonds. The molecule has 4 aromatic rings. The largest absolute Gasteiger partial charge is 0.318 e. The second-order valence-electron chi connectivity index (χ2n) is 9.42. The van der Waals surface area contributed by atoms with Gasteiger partial charge < -0.3 is 4.57 Å². The molecule has 7 heteroatoms. The van der Waals surface area contributed by atoms with Crippen LogP contribution < -0.4 is 5.56 Å². The Hall–Kier alpha value is -2.70. The quantitative estimate of drug-likeness (QED) is 0.247. The molecule has 0 radical (unpaired) electrons. The summed E-state index contributed by atoms with van der Waals surface area (Å²) >= 11 is 9.79. The van der Waals surface area contributed by atoms with Crippen LogP contribution in [-0.4, -0.2) is 20.4 Å². The van der Waals surface area contributed by atoms with Gasteiger partial charge in [0.15, 0.2) is 0 Å². The first-order valence-corrected chi connectivity index (χ1v) is 13.2. The van der Waals surface area contributed by atoms with E-state index in [9.17, 15) is 4.79 Å². The van der Waals surface area contributed by atoms with Crippen LogP contribution >= 0.6 is 27.5 Å². The zero-order valence-corrected chi connectivity index (χ0v) is 22.5. The molecule has 35 heavy (non-hydrogen) atoms. The summed E-state index contributed by atoms with van der Waals surface area (Å²) in [6.45, 7) is 6.21. The van der Waals surface area contributed by atoms with Crippen LogP contribution in [0.5, 0.6) is 0 Å². The van der Waals surface area contributed by atoms with Gasteiger partial charge in [-0.3, -0.25) is 4.79 Å². The van der Waals surface area contributed by atoms with Gasteiger partial charge in [0.05, 0.1) is 17.1 Å². The Morgan fingerprint density at radius 3 is 2.60 bits per heavy atom. The van der Waals surface area contributed by atoms with Crippen molar-refractivity contribution in [3.63, 3.8) is 0 Å². The lowest BCUT2D eigenvalue weighted by atomic mass is 9.88. The van der Waals surface area contributed by atoms with Gasteiger partial charge in [0.25, 0.3) is 5.56 Å². The molecule has 0 bridgehead atoms. The fourth-order valence-electron chi connectivity index (χ4n) is 5.13. The standard InChI is InChI=1S/C28H28BrClN4O/c1-17-9-11-23(30)15-26(17)33-18(2)13-21(19(33)3)16-31-34-27(20-7-5-4-6-8-20)32-25-12-10-22(29)14-24(25)28(34)35/h9-16,20H,4-8H2,1-3H3. The highest BCUT2D eigenvalue weighted by Gasteiger charge is 2.22. The minimum atomic E-state index is -0.132. The normalized spacial score (nSPS) is 14.9. The zero-order valence-electron chi connectivity index (χ0n) is 20.2. The fourth-order valence-corrected chi connectivity index (χ4v) is 5.66. The van der Waals surface area contributed by atoms with Gasteiger partial charge in [-0.15, -0.1) is 0 Å². The number of hydrogen-bond donors (Lipinski definition) is 0. The Morgan fingerprint density at radius 1 is 1.06 bits per heavy atom. The van der Waals surface area contributed by atoms with E-state index in [4.69, 9.17) is 21.7 Å². The number of aryl methyl sites for hydroxylation is 2. The lowest BCUT2D eigenvalue weighted by Gasteiger charge is -2.22. The molecule has 2 aromatic heterocycles. The van der Waals surface area contributed by atoms with Crippen LogP contribution in [0.3, 0.4) is 0 Å². The van der Waals surface area contributed by atoms with E-state index in [-0.39, 0.29) is 11.5 Å². The monoisotopic (exact) mass is 550 g/mol. The van der Waals surface area contributed by atoms with Crippen molar-refractivity contribution < 1.29 is 0 Å². The molecule has 0 N–H and O–H groups in total. The van der Waals surface area contributed by atoms with Crippen molar-refractivity contribution in [3.8, 4) is 5.69 Å².